The van der Waals surface area contributed by atoms with Crippen molar-refractivity contribution >= 4 is 10.9 Å². The van der Waals surface area contributed by atoms with Crippen LogP contribution in [-0.2, 0) is 5.60 Å². The molecule has 2 heterocycles. The third-order valence-electron chi connectivity index (χ3n) is 3.91. The van der Waals surface area contributed by atoms with E-state index in [0.717, 1.165) is 42.6 Å². The van der Waals surface area contributed by atoms with Crippen LogP contribution in [0.5, 0.6) is 0 Å². The van der Waals surface area contributed by atoms with E-state index in [1.807, 2.05) is 31.3 Å². The fourth-order valence-electron chi connectivity index (χ4n) is 2.91. The van der Waals surface area contributed by atoms with E-state index in [-0.39, 0.29) is 0 Å². The number of H-pyrrole nitrogens is 1. The average molecular weight is 259 g/mol. The van der Waals surface area contributed by atoms with Gasteiger partial charge in [0.2, 0.25) is 0 Å². The van der Waals surface area contributed by atoms with Gasteiger partial charge in [0.1, 0.15) is 5.60 Å². The minimum Gasteiger partial charge on any atom is -0.384 e. The summed E-state index contributed by atoms with van der Waals surface area (Å²) in [5, 5.41) is 15.3. The minimum atomic E-state index is -0.822. The highest BCUT2D eigenvalue weighted by Crippen LogP contribution is 2.29. The van der Waals surface area contributed by atoms with Crippen LogP contribution in [0.4, 0.5) is 0 Å². The molecule has 0 spiro atoms. The molecule has 1 unspecified atom stereocenters. The maximum absolute atomic E-state index is 10.8. The molecule has 1 aromatic heterocycles. The molecule has 2 aromatic rings. The minimum absolute atomic E-state index is 0.677. The Morgan fingerprint density at radius 3 is 2.79 bits per heavy atom. The van der Waals surface area contributed by atoms with Gasteiger partial charge in [-0.2, -0.15) is 0 Å². The molecule has 1 aromatic carbocycles. The third kappa shape index (κ3) is 2.52. The number of fused-ring (bicyclic) bond motifs is 1. The largest absolute Gasteiger partial charge is 0.384 e. The number of nitrogens with zero attached hydrogens (tertiary/aromatic N) is 1. The zero-order valence-corrected chi connectivity index (χ0v) is 11.3. The summed E-state index contributed by atoms with van der Waals surface area (Å²) in [5.41, 5.74) is 1.25. The number of para-hydroxylation sites is 1. The highest BCUT2D eigenvalue weighted by Gasteiger charge is 2.29. The number of rotatable bonds is 3. The van der Waals surface area contributed by atoms with Crippen LogP contribution in [-0.4, -0.2) is 47.7 Å². The van der Waals surface area contributed by atoms with Crippen molar-refractivity contribution < 1.29 is 5.11 Å². The molecule has 0 amide bonds. The Bertz CT molecular complexity index is 555. The molecule has 4 heteroatoms. The molecule has 3 rings (SSSR count). The summed E-state index contributed by atoms with van der Waals surface area (Å²) >= 11 is 0. The molecule has 1 fully saturated rings. The average Bonchev–Trinajstić information content (AvgIpc) is 2.84. The number of piperazine rings is 1. The second-order valence-electron chi connectivity index (χ2n) is 5.55. The van der Waals surface area contributed by atoms with E-state index in [0.29, 0.717) is 6.54 Å². The lowest BCUT2D eigenvalue weighted by Gasteiger charge is -2.34. The maximum Gasteiger partial charge on any atom is 0.101 e. The standard InChI is InChI=1S/C15H21N3O/c1-15(19,11-18-8-6-16-7-9-18)13-10-17-14-5-3-2-4-12(13)14/h2-5,10,16-17,19H,6-9,11H2,1H3. The molecule has 0 bridgehead atoms. The van der Waals surface area contributed by atoms with Crippen LogP contribution < -0.4 is 5.32 Å². The zero-order valence-electron chi connectivity index (χ0n) is 11.3. The zero-order chi connectivity index (χ0) is 13.3. The predicted molar refractivity (Wildman–Crippen MR) is 77.2 cm³/mol. The summed E-state index contributed by atoms with van der Waals surface area (Å²) in [5.74, 6) is 0. The summed E-state index contributed by atoms with van der Waals surface area (Å²) in [6, 6.07) is 8.13. The van der Waals surface area contributed by atoms with Gasteiger partial charge < -0.3 is 15.4 Å². The van der Waals surface area contributed by atoms with Gasteiger partial charge in [-0.1, -0.05) is 18.2 Å². The monoisotopic (exact) mass is 259 g/mol. The third-order valence-corrected chi connectivity index (χ3v) is 3.91. The van der Waals surface area contributed by atoms with Gasteiger partial charge in [0.25, 0.3) is 0 Å². The van der Waals surface area contributed by atoms with Crippen molar-refractivity contribution in [1.29, 1.82) is 0 Å². The molecule has 3 N–H and O–H groups in total. The Balaban J connectivity index is 1.86. The van der Waals surface area contributed by atoms with Crippen LogP contribution in [0.3, 0.4) is 0 Å². The van der Waals surface area contributed by atoms with E-state index in [1.54, 1.807) is 0 Å². The van der Waals surface area contributed by atoms with E-state index in [2.05, 4.69) is 21.3 Å². The highest BCUT2D eigenvalue weighted by molar-refractivity contribution is 5.83. The van der Waals surface area contributed by atoms with E-state index < -0.39 is 5.60 Å². The number of hydrogen-bond acceptors (Lipinski definition) is 3. The number of benzene rings is 1. The number of hydrogen-bond donors (Lipinski definition) is 3. The number of aromatic amines is 1. The van der Waals surface area contributed by atoms with Crippen LogP contribution in [0.2, 0.25) is 0 Å². The molecule has 19 heavy (non-hydrogen) atoms. The van der Waals surface area contributed by atoms with E-state index in [9.17, 15) is 5.11 Å². The lowest BCUT2D eigenvalue weighted by molar-refractivity contribution is 0.0138. The number of nitrogens with one attached hydrogen (secondary N) is 2. The normalized spacial score (nSPS) is 20.5. The number of aliphatic hydroxyl groups is 1. The molecule has 4 nitrogen and oxygen atoms in total. The molecule has 0 aliphatic carbocycles. The molecular weight excluding hydrogens is 238 g/mol. The summed E-state index contributed by atoms with van der Waals surface area (Å²) < 4.78 is 0. The topological polar surface area (TPSA) is 51.3 Å². The summed E-state index contributed by atoms with van der Waals surface area (Å²) in [6.07, 6.45) is 1.94. The van der Waals surface area contributed by atoms with E-state index >= 15 is 0 Å². The molecular formula is C15H21N3O. The fourth-order valence-corrected chi connectivity index (χ4v) is 2.91. The Kier molecular flexibility index (Phi) is 3.31. The Labute approximate surface area is 113 Å². The van der Waals surface area contributed by atoms with Crippen molar-refractivity contribution in [3.63, 3.8) is 0 Å². The van der Waals surface area contributed by atoms with Gasteiger partial charge in [-0.15, -0.1) is 0 Å². The van der Waals surface area contributed by atoms with Gasteiger partial charge in [-0.3, -0.25) is 4.90 Å². The predicted octanol–water partition coefficient (Wildman–Crippen LogP) is 1.28. The van der Waals surface area contributed by atoms with Crippen LogP contribution in [0.1, 0.15) is 12.5 Å². The van der Waals surface area contributed by atoms with Crippen molar-refractivity contribution in [3.05, 3.63) is 36.0 Å². The maximum atomic E-state index is 10.8. The second-order valence-corrected chi connectivity index (χ2v) is 5.55. The molecule has 0 radical (unpaired) electrons. The van der Waals surface area contributed by atoms with Crippen molar-refractivity contribution in [1.82, 2.24) is 15.2 Å². The van der Waals surface area contributed by atoms with Gasteiger partial charge in [0.15, 0.2) is 0 Å². The first kappa shape index (κ1) is 12.7. The molecule has 1 saturated heterocycles. The highest BCUT2D eigenvalue weighted by atomic mass is 16.3. The van der Waals surface area contributed by atoms with Crippen LogP contribution >= 0.6 is 0 Å². The molecule has 1 aliphatic rings. The summed E-state index contributed by atoms with van der Waals surface area (Å²) in [7, 11) is 0. The fraction of sp³-hybridized carbons (Fsp3) is 0.467. The first-order chi connectivity index (χ1) is 9.17. The Morgan fingerprint density at radius 1 is 1.26 bits per heavy atom. The molecule has 1 aliphatic heterocycles. The molecule has 1 atom stereocenters. The Hall–Kier alpha value is -1.36. The van der Waals surface area contributed by atoms with Crippen LogP contribution in [0.15, 0.2) is 30.5 Å². The SMILES string of the molecule is CC(O)(CN1CCNCC1)c1c[nH]c2ccccc12. The number of aromatic nitrogens is 1. The Morgan fingerprint density at radius 2 is 2.00 bits per heavy atom. The molecule has 102 valence electrons. The lowest BCUT2D eigenvalue weighted by Crippen LogP contribution is -2.48. The van der Waals surface area contributed by atoms with Crippen molar-refractivity contribution in [3.8, 4) is 0 Å². The van der Waals surface area contributed by atoms with Gasteiger partial charge >= 0.3 is 0 Å². The van der Waals surface area contributed by atoms with E-state index in [4.69, 9.17) is 0 Å². The van der Waals surface area contributed by atoms with Crippen molar-refractivity contribution in [2.75, 3.05) is 32.7 Å². The van der Waals surface area contributed by atoms with Gasteiger partial charge in [-0.05, 0) is 13.0 Å². The van der Waals surface area contributed by atoms with Gasteiger partial charge in [0, 0.05) is 55.4 Å². The van der Waals surface area contributed by atoms with Crippen molar-refractivity contribution in [2.45, 2.75) is 12.5 Å². The van der Waals surface area contributed by atoms with Crippen LogP contribution in [0.25, 0.3) is 10.9 Å². The van der Waals surface area contributed by atoms with Gasteiger partial charge in [0.05, 0.1) is 0 Å². The molecule has 0 saturated carbocycles. The lowest BCUT2D eigenvalue weighted by atomic mass is 9.94. The summed E-state index contributed by atoms with van der Waals surface area (Å²) in [6.45, 7) is 6.59. The first-order valence-corrected chi connectivity index (χ1v) is 6.89. The van der Waals surface area contributed by atoms with Crippen molar-refractivity contribution in [2.24, 2.45) is 0 Å². The first-order valence-electron chi connectivity index (χ1n) is 6.89. The summed E-state index contributed by atoms with van der Waals surface area (Å²) in [4.78, 5) is 5.56. The second kappa shape index (κ2) is 4.96. The van der Waals surface area contributed by atoms with Gasteiger partial charge in [-0.25, -0.2) is 0 Å². The smallest absolute Gasteiger partial charge is 0.101 e. The van der Waals surface area contributed by atoms with E-state index in [1.165, 1.54) is 0 Å². The van der Waals surface area contributed by atoms with Crippen LogP contribution in [0, 0.1) is 0 Å². The number of β-amino-alcohol motifs (C(OH)–C–C–N with tert-alkyl or cyclic N) is 1. The quantitative estimate of drug-likeness (QED) is 0.778.